The number of pyridine rings is 1. The average Bonchev–Trinajstić information content (AvgIpc) is 2.76. The van der Waals surface area contributed by atoms with Crippen LogP contribution in [0.1, 0.15) is 24.2 Å². The molecule has 0 spiro atoms. The minimum atomic E-state index is -0.148. The van der Waals surface area contributed by atoms with E-state index in [9.17, 15) is 4.79 Å². The molecule has 2 aromatic heterocycles. The van der Waals surface area contributed by atoms with Crippen molar-refractivity contribution in [3.05, 3.63) is 54.4 Å². The molecule has 1 aliphatic heterocycles. The van der Waals surface area contributed by atoms with Crippen molar-refractivity contribution >= 4 is 28.6 Å². The molecule has 1 aliphatic rings. The minimum absolute atomic E-state index is 0.119. The van der Waals surface area contributed by atoms with Gasteiger partial charge in [0.15, 0.2) is 11.6 Å². The Labute approximate surface area is 175 Å². The second kappa shape index (κ2) is 9.04. The molecule has 1 aromatic carbocycles. The topological polar surface area (TPSA) is 92.3 Å². The number of aromatic nitrogens is 3. The predicted octanol–water partition coefficient (Wildman–Crippen LogP) is 2.48. The molecule has 0 saturated carbocycles. The Morgan fingerprint density at radius 2 is 1.80 bits per heavy atom. The molecule has 2 atom stereocenters. The fraction of sp³-hybridized carbons (Fsp3) is 0.364. The van der Waals surface area contributed by atoms with Crippen LogP contribution >= 0.6 is 0 Å². The van der Waals surface area contributed by atoms with Gasteiger partial charge in [0.2, 0.25) is 0 Å². The quantitative estimate of drug-likeness (QED) is 0.608. The molecule has 3 aromatic rings. The van der Waals surface area contributed by atoms with Gasteiger partial charge in [0.25, 0.3) is 5.91 Å². The summed E-state index contributed by atoms with van der Waals surface area (Å²) < 4.78 is 5.87. The number of morpholine rings is 1. The lowest BCUT2D eigenvalue weighted by Crippen LogP contribution is -2.46. The van der Waals surface area contributed by atoms with Gasteiger partial charge in [-0.25, -0.2) is 9.97 Å². The summed E-state index contributed by atoms with van der Waals surface area (Å²) in [5, 5.41) is 6.25. The van der Waals surface area contributed by atoms with E-state index in [1.165, 1.54) is 0 Å². The number of para-hydroxylation sites is 2. The van der Waals surface area contributed by atoms with Gasteiger partial charge in [-0.2, -0.15) is 0 Å². The van der Waals surface area contributed by atoms with Gasteiger partial charge in [0.1, 0.15) is 0 Å². The van der Waals surface area contributed by atoms with Crippen LogP contribution in [0, 0.1) is 0 Å². The molecular weight excluding hydrogens is 380 g/mol. The third-order valence-electron chi connectivity index (χ3n) is 4.90. The lowest BCUT2D eigenvalue weighted by molar-refractivity contribution is -0.00541. The summed E-state index contributed by atoms with van der Waals surface area (Å²) in [6.45, 7) is 6.63. The van der Waals surface area contributed by atoms with Crippen molar-refractivity contribution in [1.29, 1.82) is 0 Å². The fourth-order valence-corrected chi connectivity index (χ4v) is 3.64. The first kappa shape index (κ1) is 20.0. The van der Waals surface area contributed by atoms with Gasteiger partial charge in [-0.3, -0.25) is 9.78 Å². The van der Waals surface area contributed by atoms with Crippen molar-refractivity contribution in [2.24, 2.45) is 0 Å². The second-order valence-electron chi connectivity index (χ2n) is 7.47. The Morgan fingerprint density at radius 1 is 1.07 bits per heavy atom. The van der Waals surface area contributed by atoms with E-state index in [-0.39, 0.29) is 18.1 Å². The number of rotatable bonds is 6. The van der Waals surface area contributed by atoms with Crippen LogP contribution in [-0.2, 0) is 4.74 Å². The predicted molar refractivity (Wildman–Crippen MR) is 117 cm³/mol. The third kappa shape index (κ3) is 4.65. The minimum Gasteiger partial charge on any atom is -0.372 e. The highest BCUT2D eigenvalue weighted by Crippen LogP contribution is 2.27. The first-order valence-corrected chi connectivity index (χ1v) is 10.2. The molecule has 8 nitrogen and oxygen atoms in total. The van der Waals surface area contributed by atoms with E-state index in [0.29, 0.717) is 24.5 Å². The van der Waals surface area contributed by atoms with Crippen LogP contribution in [0.5, 0.6) is 0 Å². The number of hydrogen-bond donors (Lipinski definition) is 2. The molecule has 0 radical (unpaired) electrons. The molecule has 2 N–H and O–H groups in total. The highest BCUT2D eigenvalue weighted by molar-refractivity contribution is 5.93. The number of ether oxygens (including phenoxy) is 1. The Balaban J connectivity index is 1.48. The zero-order valence-electron chi connectivity index (χ0n) is 17.2. The zero-order valence-corrected chi connectivity index (χ0v) is 17.2. The third-order valence-corrected chi connectivity index (χ3v) is 4.90. The number of amides is 1. The van der Waals surface area contributed by atoms with Gasteiger partial charge in [0, 0.05) is 38.6 Å². The Bertz CT molecular complexity index is 1000. The van der Waals surface area contributed by atoms with Crippen LogP contribution in [-0.4, -0.2) is 59.2 Å². The van der Waals surface area contributed by atoms with Gasteiger partial charge in [-0.1, -0.05) is 12.1 Å². The maximum atomic E-state index is 12.2. The zero-order chi connectivity index (χ0) is 20.9. The SMILES string of the molecule is C[C@@H]1CN(c2nc3ccccc3nc2NCCNC(=O)c2cccnc2)C[C@H](C)O1. The first-order chi connectivity index (χ1) is 14.6. The number of carbonyl (C=O) groups is 1. The van der Waals surface area contributed by atoms with Gasteiger partial charge >= 0.3 is 0 Å². The first-order valence-electron chi connectivity index (χ1n) is 10.2. The molecule has 30 heavy (non-hydrogen) atoms. The molecule has 1 amide bonds. The summed E-state index contributed by atoms with van der Waals surface area (Å²) in [5.41, 5.74) is 2.23. The van der Waals surface area contributed by atoms with Crippen molar-refractivity contribution < 1.29 is 9.53 Å². The maximum absolute atomic E-state index is 12.2. The molecular formula is C22H26N6O2. The molecule has 3 heterocycles. The lowest BCUT2D eigenvalue weighted by Gasteiger charge is -2.36. The largest absolute Gasteiger partial charge is 0.372 e. The van der Waals surface area contributed by atoms with Crippen LogP contribution in [0.4, 0.5) is 11.6 Å². The van der Waals surface area contributed by atoms with Crippen LogP contribution in [0.2, 0.25) is 0 Å². The van der Waals surface area contributed by atoms with Crippen LogP contribution in [0.25, 0.3) is 11.0 Å². The summed E-state index contributed by atoms with van der Waals surface area (Å²) in [7, 11) is 0. The average molecular weight is 406 g/mol. The fourth-order valence-electron chi connectivity index (χ4n) is 3.64. The van der Waals surface area contributed by atoms with E-state index in [0.717, 1.165) is 29.9 Å². The summed E-state index contributed by atoms with van der Waals surface area (Å²) in [6, 6.07) is 11.3. The standard InChI is InChI=1S/C22H26N6O2/c1-15-13-28(14-16(2)30-15)21-20(26-18-7-3-4-8-19(18)27-21)24-10-11-25-22(29)17-6-5-9-23-12-17/h3-9,12,15-16H,10-11,13-14H2,1-2H3,(H,24,26)(H,25,29)/t15-,16+. The number of nitrogens with zero attached hydrogens (tertiary/aromatic N) is 4. The number of benzene rings is 1. The van der Waals surface area contributed by atoms with Gasteiger partial charge in [-0.05, 0) is 38.1 Å². The number of fused-ring (bicyclic) bond motifs is 1. The Hall–Kier alpha value is -3.26. The van der Waals surface area contributed by atoms with Crippen molar-refractivity contribution in [3.8, 4) is 0 Å². The maximum Gasteiger partial charge on any atom is 0.252 e. The highest BCUT2D eigenvalue weighted by atomic mass is 16.5. The molecule has 0 bridgehead atoms. The van der Waals surface area contributed by atoms with E-state index in [2.05, 4.69) is 34.4 Å². The summed E-state index contributed by atoms with van der Waals surface area (Å²) >= 11 is 0. The van der Waals surface area contributed by atoms with Gasteiger partial charge < -0.3 is 20.3 Å². The monoisotopic (exact) mass is 406 g/mol. The normalized spacial score (nSPS) is 18.9. The van der Waals surface area contributed by atoms with Crippen LogP contribution < -0.4 is 15.5 Å². The van der Waals surface area contributed by atoms with E-state index in [1.807, 2.05) is 24.3 Å². The van der Waals surface area contributed by atoms with Crippen LogP contribution in [0.3, 0.4) is 0 Å². The number of hydrogen-bond acceptors (Lipinski definition) is 7. The van der Waals surface area contributed by atoms with Crippen molar-refractivity contribution in [2.45, 2.75) is 26.1 Å². The van der Waals surface area contributed by atoms with Crippen molar-refractivity contribution in [3.63, 3.8) is 0 Å². The Morgan fingerprint density at radius 3 is 2.50 bits per heavy atom. The molecule has 0 unspecified atom stereocenters. The molecule has 4 rings (SSSR count). The molecule has 8 heteroatoms. The summed E-state index contributed by atoms with van der Waals surface area (Å²) in [5.74, 6) is 1.38. The van der Waals surface area contributed by atoms with Crippen LogP contribution in [0.15, 0.2) is 48.8 Å². The van der Waals surface area contributed by atoms with Crippen molar-refractivity contribution in [1.82, 2.24) is 20.3 Å². The van der Waals surface area contributed by atoms with E-state index in [4.69, 9.17) is 14.7 Å². The lowest BCUT2D eigenvalue weighted by atomic mass is 10.2. The summed E-state index contributed by atoms with van der Waals surface area (Å²) in [4.78, 5) is 28.1. The molecule has 1 saturated heterocycles. The summed E-state index contributed by atoms with van der Waals surface area (Å²) in [6.07, 6.45) is 3.43. The number of nitrogens with one attached hydrogen (secondary N) is 2. The molecule has 156 valence electrons. The van der Waals surface area contributed by atoms with Gasteiger partial charge in [-0.15, -0.1) is 0 Å². The van der Waals surface area contributed by atoms with Crippen molar-refractivity contribution in [2.75, 3.05) is 36.4 Å². The smallest absolute Gasteiger partial charge is 0.252 e. The highest BCUT2D eigenvalue weighted by Gasteiger charge is 2.26. The number of anilines is 2. The van der Waals surface area contributed by atoms with E-state index in [1.54, 1.807) is 24.5 Å². The Kier molecular flexibility index (Phi) is 6.04. The molecule has 1 fully saturated rings. The van der Waals surface area contributed by atoms with E-state index < -0.39 is 0 Å². The number of carbonyl (C=O) groups excluding carboxylic acids is 1. The second-order valence-corrected chi connectivity index (χ2v) is 7.47. The molecule has 0 aliphatic carbocycles. The van der Waals surface area contributed by atoms with Gasteiger partial charge in [0.05, 0.1) is 28.8 Å². The van der Waals surface area contributed by atoms with E-state index >= 15 is 0 Å².